The van der Waals surface area contributed by atoms with Crippen LogP contribution in [-0.2, 0) is 0 Å². The van der Waals surface area contributed by atoms with Crippen LogP contribution in [0.3, 0.4) is 0 Å². The van der Waals surface area contributed by atoms with Gasteiger partial charge in [0.2, 0.25) is 0 Å². The minimum atomic E-state index is -0.337. The first-order valence-corrected chi connectivity index (χ1v) is 6.29. The standard InChI is InChI=1S/C14H15N3O2/c15-11-5-7-17(9-11)14(18)19-12-3-4-13-10(8-12)2-1-6-16-13/h1-4,6,8,11H,5,7,9,15H2. The summed E-state index contributed by atoms with van der Waals surface area (Å²) in [6.07, 6.45) is 2.23. The van der Waals surface area contributed by atoms with Crippen LogP contribution in [0.1, 0.15) is 6.42 Å². The van der Waals surface area contributed by atoms with Crippen molar-refractivity contribution in [1.29, 1.82) is 0 Å². The van der Waals surface area contributed by atoms with Gasteiger partial charge in [0.05, 0.1) is 5.52 Å². The molecule has 1 saturated heterocycles. The molecular weight excluding hydrogens is 242 g/mol. The monoisotopic (exact) mass is 257 g/mol. The number of benzene rings is 1. The average molecular weight is 257 g/mol. The molecule has 98 valence electrons. The molecule has 1 aromatic heterocycles. The first-order valence-electron chi connectivity index (χ1n) is 6.29. The first-order chi connectivity index (χ1) is 9.22. The molecule has 1 atom stereocenters. The number of nitrogens with two attached hydrogens (primary N) is 1. The molecule has 3 rings (SSSR count). The van der Waals surface area contributed by atoms with Gasteiger partial charge in [-0.2, -0.15) is 0 Å². The van der Waals surface area contributed by atoms with E-state index in [1.165, 1.54) is 0 Å². The number of ether oxygens (including phenoxy) is 1. The topological polar surface area (TPSA) is 68.5 Å². The number of carbonyl (C=O) groups excluding carboxylic acids is 1. The second-order valence-corrected chi connectivity index (χ2v) is 4.72. The van der Waals surface area contributed by atoms with Gasteiger partial charge in [-0.05, 0) is 30.7 Å². The number of nitrogens with zero attached hydrogens (tertiary/aromatic N) is 2. The van der Waals surface area contributed by atoms with Crippen molar-refractivity contribution in [2.75, 3.05) is 13.1 Å². The van der Waals surface area contributed by atoms with E-state index in [-0.39, 0.29) is 12.1 Å². The highest BCUT2D eigenvalue weighted by Gasteiger charge is 2.25. The van der Waals surface area contributed by atoms with Crippen LogP contribution >= 0.6 is 0 Å². The predicted octanol–water partition coefficient (Wildman–Crippen LogP) is 1.77. The van der Waals surface area contributed by atoms with E-state index in [1.807, 2.05) is 24.3 Å². The Morgan fingerprint density at radius 1 is 1.42 bits per heavy atom. The van der Waals surface area contributed by atoms with E-state index < -0.39 is 0 Å². The van der Waals surface area contributed by atoms with E-state index in [4.69, 9.17) is 10.5 Å². The average Bonchev–Trinajstić information content (AvgIpc) is 2.85. The van der Waals surface area contributed by atoms with E-state index in [1.54, 1.807) is 17.2 Å². The van der Waals surface area contributed by atoms with Crippen LogP contribution in [0.25, 0.3) is 10.9 Å². The van der Waals surface area contributed by atoms with Gasteiger partial charge in [-0.3, -0.25) is 4.98 Å². The van der Waals surface area contributed by atoms with E-state index in [0.717, 1.165) is 17.3 Å². The van der Waals surface area contributed by atoms with Crippen molar-refractivity contribution in [2.24, 2.45) is 5.73 Å². The molecule has 2 heterocycles. The summed E-state index contributed by atoms with van der Waals surface area (Å²) in [4.78, 5) is 17.8. The van der Waals surface area contributed by atoms with Crippen molar-refractivity contribution in [3.63, 3.8) is 0 Å². The molecule has 0 spiro atoms. The minimum Gasteiger partial charge on any atom is -0.410 e. The van der Waals surface area contributed by atoms with Crippen LogP contribution in [0.5, 0.6) is 5.75 Å². The third-order valence-corrected chi connectivity index (χ3v) is 3.26. The molecule has 1 unspecified atom stereocenters. The molecule has 5 heteroatoms. The molecule has 2 aromatic rings. The number of amides is 1. The lowest BCUT2D eigenvalue weighted by Crippen LogP contribution is -2.33. The molecule has 0 aliphatic carbocycles. The van der Waals surface area contributed by atoms with E-state index in [0.29, 0.717) is 18.8 Å². The zero-order valence-electron chi connectivity index (χ0n) is 10.5. The molecule has 0 bridgehead atoms. The largest absolute Gasteiger partial charge is 0.415 e. The van der Waals surface area contributed by atoms with Gasteiger partial charge in [-0.15, -0.1) is 0 Å². The Morgan fingerprint density at radius 3 is 3.11 bits per heavy atom. The Hall–Kier alpha value is -2.14. The van der Waals surface area contributed by atoms with Gasteiger partial charge in [0.25, 0.3) is 0 Å². The quantitative estimate of drug-likeness (QED) is 0.845. The smallest absolute Gasteiger partial charge is 0.410 e. The van der Waals surface area contributed by atoms with Gasteiger partial charge in [0.1, 0.15) is 5.75 Å². The van der Waals surface area contributed by atoms with Gasteiger partial charge < -0.3 is 15.4 Å². The molecule has 1 aliphatic rings. The van der Waals surface area contributed by atoms with Crippen LogP contribution in [0.4, 0.5) is 4.79 Å². The van der Waals surface area contributed by atoms with Crippen molar-refractivity contribution >= 4 is 17.0 Å². The van der Waals surface area contributed by atoms with Crippen molar-refractivity contribution < 1.29 is 9.53 Å². The third-order valence-electron chi connectivity index (χ3n) is 3.26. The van der Waals surface area contributed by atoms with Gasteiger partial charge in [-0.25, -0.2) is 4.79 Å². The van der Waals surface area contributed by atoms with Gasteiger partial charge in [-0.1, -0.05) is 6.07 Å². The lowest BCUT2D eigenvalue weighted by molar-refractivity contribution is 0.162. The lowest BCUT2D eigenvalue weighted by atomic mass is 10.2. The van der Waals surface area contributed by atoms with Crippen molar-refractivity contribution in [2.45, 2.75) is 12.5 Å². The van der Waals surface area contributed by atoms with Crippen LogP contribution in [0.15, 0.2) is 36.5 Å². The molecule has 0 saturated carbocycles. The summed E-state index contributed by atoms with van der Waals surface area (Å²) >= 11 is 0. The van der Waals surface area contributed by atoms with Gasteiger partial charge in [0.15, 0.2) is 0 Å². The summed E-state index contributed by atoms with van der Waals surface area (Å²) in [5.41, 5.74) is 6.65. The Bertz CT molecular complexity index is 614. The summed E-state index contributed by atoms with van der Waals surface area (Å²) < 4.78 is 5.36. The zero-order chi connectivity index (χ0) is 13.2. The predicted molar refractivity (Wildman–Crippen MR) is 71.9 cm³/mol. The molecule has 19 heavy (non-hydrogen) atoms. The Kier molecular flexibility index (Phi) is 3.05. The number of hydrogen-bond donors (Lipinski definition) is 1. The Morgan fingerprint density at radius 2 is 2.32 bits per heavy atom. The molecule has 5 nitrogen and oxygen atoms in total. The molecule has 1 fully saturated rings. The lowest BCUT2D eigenvalue weighted by Gasteiger charge is -2.15. The maximum atomic E-state index is 11.9. The van der Waals surface area contributed by atoms with Crippen LogP contribution in [0.2, 0.25) is 0 Å². The fourth-order valence-corrected chi connectivity index (χ4v) is 2.24. The highest BCUT2D eigenvalue weighted by molar-refractivity contribution is 5.81. The van der Waals surface area contributed by atoms with E-state index in [9.17, 15) is 4.79 Å². The summed E-state index contributed by atoms with van der Waals surface area (Å²) in [7, 11) is 0. The number of fused-ring (bicyclic) bond motifs is 1. The molecule has 2 N–H and O–H groups in total. The van der Waals surface area contributed by atoms with E-state index in [2.05, 4.69) is 4.98 Å². The summed E-state index contributed by atoms with van der Waals surface area (Å²) in [5, 5.41) is 0.950. The fraction of sp³-hybridized carbons (Fsp3) is 0.286. The number of hydrogen-bond acceptors (Lipinski definition) is 4. The Balaban J connectivity index is 1.76. The summed E-state index contributed by atoms with van der Waals surface area (Å²) in [6, 6.07) is 9.26. The Labute approximate surface area is 111 Å². The first kappa shape index (κ1) is 11.9. The van der Waals surface area contributed by atoms with Crippen LogP contribution in [0, 0.1) is 0 Å². The highest BCUT2D eigenvalue weighted by Crippen LogP contribution is 2.20. The molecule has 0 radical (unpaired) electrons. The van der Waals surface area contributed by atoms with Crippen LogP contribution < -0.4 is 10.5 Å². The number of carbonyl (C=O) groups is 1. The number of pyridine rings is 1. The zero-order valence-corrected chi connectivity index (χ0v) is 10.5. The second-order valence-electron chi connectivity index (χ2n) is 4.72. The summed E-state index contributed by atoms with van der Waals surface area (Å²) in [5.74, 6) is 0.533. The second kappa shape index (κ2) is 4.85. The minimum absolute atomic E-state index is 0.0633. The SMILES string of the molecule is NC1CCN(C(=O)Oc2ccc3ncccc3c2)C1. The number of aromatic nitrogens is 1. The van der Waals surface area contributed by atoms with Crippen LogP contribution in [-0.4, -0.2) is 35.1 Å². The van der Waals surface area contributed by atoms with Gasteiger partial charge in [0, 0.05) is 30.7 Å². The number of rotatable bonds is 1. The maximum absolute atomic E-state index is 11.9. The number of likely N-dealkylation sites (tertiary alicyclic amines) is 1. The molecule has 1 aromatic carbocycles. The fourth-order valence-electron chi connectivity index (χ4n) is 2.24. The van der Waals surface area contributed by atoms with Gasteiger partial charge >= 0.3 is 6.09 Å². The maximum Gasteiger partial charge on any atom is 0.415 e. The molecular formula is C14H15N3O2. The van der Waals surface area contributed by atoms with Crippen molar-refractivity contribution in [3.05, 3.63) is 36.5 Å². The summed E-state index contributed by atoms with van der Waals surface area (Å²) in [6.45, 7) is 1.23. The van der Waals surface area contributed by atoms with Crippen molar-refractivity contribution in [3.8, 4) is 5.75 Å². The molecule has 1 amide bonds. The van der Waals surface area contributed by atoms with Crippen molar-refractivity contribution in [1.82, 2.24) is 9.88 Å². The molecule has 1 aliphatic heterocycles. The van der Waals surface area contributed by atoms with E-state index >= 15 is 0 Å². The highest BCUT2D eigenvalue weighted by atomic mass is 16.6. The normalized spacial score (nSPS) is 18.8. The third kappa shape index (κ3) is 2.51.